The first-order chi connectivity index (χ1) is 25.2. The van der Waals surface area contributed by atoms with Crippen LogP contribution < -0.4 is 10.1 Å². The Morgan fingerprint density at radius 1 is 0.510 bits per heavy atom. The van der Waals surface area contributed by atoms with Gasteiger partial charge >= 0.3 is 0 Å². The lowest BCUT2D eigenvalue weighted by molar-refractivity contribution is 0.152. The van der Waals surface area contributed by atoms with E-state index in [-0.39, 0.29) is 12.3 Å². The summed E-state index contributed by atoms with van der Waals surface area (Å²) in [4.78, 5) is 7.83. The zero-order valence-corrected chi connectivity index (χ0v) is 28.2. The molecule has 0 aromatic heterocycles. The van der Waals surface area contributed by atoms with E-state index >= 15 is 0 Å². The molecule has 0 saturated heterocycles. The molecule has 4 heteroatoms. The lowest BCUT2D eigenvalue weighted by Gasteiger charge is -2.41. The number of benzene rings is 7. The van der Waals surface area contributed by atoms with Crippen LogP contribution in [0.2, 0.25) is 0 Å². The molecule has 244 valence electrons. The van der Waals surface area contributed by atoms with Crippen LogP contribution in [0.25, 0.3) is 22.3 Å². The molecule has 2 aliphatic heterocycles. The predicted molar refractivity (Wildman–Crippen MR) is 205 cm³/mol. The van der Waals surface area contributed by atoms with Crippen molar-refractivity contribution in [3.8, 4) is 33.8 Å². The van der Waals surface area contributed by atoms with E-state index in [9.17, 15) is 0 Å². The molecule has 7 aromatic carbocycles. The minimum absolute atomic E-state index is 0.0820. The third kappa shape index (κ3) is 4.53. The Kier molecular flexibility index (Phi) is 6.80. The number of hydrogen-bond acceptors (Lipinski definition) is 4. The van der Waals surface area contributed by atoms with Crippen LogP contribution in [0, 0.1) is 0 Å². The SMILES string of the molecule is CN1C(c2ccc3c(c2)C2(c4ccccc4Oc4ccccc42)c2ccccc2-3)N=C(c2ccc(-c3ccccc3)cc2)NC1c1ccccc1. The lowest BCUT2D eigenvalue weighted by atomic mass is 9.66. The van der Waals surface area contributed by atoms with E-state index in [2.05, 4.69) is 193 Å². The normalized spacial score (nSPS) is 18.0. The van der Waals surface area contributed by atoms with E-state index in [0.717, 1.165) is 39.6 Å². The van der Waals surface area contributed by atoms with Crippen molar-refractivity contribution in [2.24, 2.45) is 4.99 Å². The maximum absolute atomic E-state index is 6.58. The minimum atomic E-state index is -0.530. The van der Waals surface area contributed by atoms with Gasteiger partial charge in [0.2, 0.25) is 0 Å². The first kappa shape index (κ1) is 29.7. The van der Waals surface area contributed by atoms with Gasteiger partial charge < -0.3 is 10.1 Å². The predicted octanol–water partition coefficient (Wildman–Crippen LogP) is 10.5. The highest BCUT2D eigenvalue weighted by molar-refractivity contribution is 6.00. The zero-order chi connectivity index (χ0) is 33.9. The third-order valence-corrected chi connectivity index (χ3v) is 10.9. The van der Waals surface area contributed by atoms with Crippen LogP contribution in [-0.2, 0) is 5.41 Å². The van der Waals surface area contributed by atoms with Gasteiger partial charge in [-0.05, 0) is 63.7 Å². The van der Waals surface area contributed by atoms with Crippen molar-refractivity contribution >= 4 is 5.84 Å². The molecule has 1 aliphatic carbocycles. The summed E-state index contributed by atoms with van der Waals surface area (Å²) in [7, 11) is 2.17. The van der Waals surface area contributed by atoms with Crippen LogP contribution in [0.5, 0.6) is 11.5 Å². The van der Waals surface area contributed by atoms with Crippen molar-refractivity contribution in [1.29, 1.82) is 0 Å². The summed E-state index contributed by atoms with van der Waals surface area (Å²) < 4.78 is 6.58. The number of para-hydroxylation sites is 2. The van der Waals surface area contributed by atoms with E-state index in [0.29, 0.717) is 0 Å². The Labute approximate surface area is 298 Å². The standard InChI is InChI=1S/C47H35N3O/c1-50-45(34-16-6-3-7-17-34)48-44(33-26-24-32(25-27-33)31-14-4-2-5-15-31)49-46(50)35-28-29-37-36-18-8-9-19-38(36)47(41(37)30-35)39-20-10-12-22-42(39)51-43-23-13-11-21-40(43)47/h2-30,45-46H,1H3,(H,48,49). The topological polar surface area (TPSA) is 36.9 Å². The van der Waals surface area contributed by atoms with Crippen LogP contribution in [0.1, 0.15) is 51.3 Å². The molecule has 7 aromatic rings. The van der Waals surface area contributed by atoms with Gasteiger partial charge in [-0.2, -0.15) is 0 Å². The van der Waals surface area contributed by atoms with Gasteiger partial charge in [-0.1, -0.05) is 164 Å². The Balaban J connectivity index is 1.16. The lowest BCUT2D eigenvalue weighted by Crippen LogP contribution is -2.46. The molecular formula is C47H35N3O. The van der Waals surface area contributed by atoms with E-state index in [1.54, 1.807) is 0 Å². The molecule has 10 rings (SSSR count). The Bertz CT molecular complexity index is 2410. The zero-order valence-electron chi connectivity index (χ0n) is 28.2. The second-order valence-corrected chi connectivity index (χ2v) is 13.6. The van der Waals surface area contributed by atoms with Crippen LogP contribution in [0.15, 0.2) is 181 Å². The maximum Gasteiger partial charge on any atom is 0.132 e. The average molecular weight is 658 g/mol. The van der Waals surface area contributed by atoms with Crippen molar-refractivity contribution in [3.63, 3.8) is 0 Å². The molecule has 4 nitrogen and oxygen atoms in total. The first-order valence-corrected chi connectivity index (χ1v) is 17.6. The van der Waals surface area contributed by atoms with Crippen molar-refractivity contribution in [3.05, 3.63) is 215 Å². The molecule has 0 fully saturated rings. The van der Waals surface area contributed by atoms with E-state index in [1.165, 1.54) is 38.9 Å². The molecular weight excluding hydrogens is 623 g/mol. The molecule has 1 N–H and O–H groups in total. The number of nitrogens with one attached hydrogen (secondary N) is 1. The highest BCUT2D eigenvalue weighted by Crippen LogP contribution is 2.62. The van der Waals surface area contributed by atoms with Gasteiger partial charge in [-0.15, -0.1) is 0 Å². The molecule has 0 bridgehead atoms. The van der Waals surface area contributed by atoms with Gasteiger partial charge in [0.05, 0.1) is 5.41 Å². The number of hydrogen-bond donors (Lipinski definition) is 1. The summed E-state index contributed by atoms with van der Waals surface area (Å²) in [5.41, 5.74) is 12.6. The van der Waals surface area contributed by atoms with E-state index in [1.807, 2.05) is 0 Å². The third-order valence-electron chi connectivity index (χ3n) is 10.9. The summed E-state index contributed by atoms with van der Waals surface area (Å²) in [6.07, 6.45) is -0.321. The van der Waals surface area contributed by atoms with Gasteiger partial charge in [-0.25, -0.2) is 4.99 Å². The van der Waals surface area contributed by atoms with Gasteiger partial charge in [0.1, 0.15) is 29.7 Å². The number of nitrogens with zero attached hydrogens (tertiary/aromatic N) is 2. The fourth-order valence-electron chi connectivity index (χ4n) is 8.53. The molecule has 0 radical (unpaired) electrons. The molecule has 3 aliphatic rings. The highest BCUT2D eigenvalue weighted by Gasteiger charge is 2.51. The van der Waals surface area contributed by atoms with Crippen LogP contribution in [0.3, 0.4) is 0 Å². The summed E-state index contributed by atoms with van der Waals surface area (Å²) in [6.45, 7) is 0. The fraction of sp³-hybridized carbons (Fsp3) is 0.0851. The number of rotatable bonds is 4. The van der Waals surface area contributed by atoms with Gasteiger partial charge in [0, 0.05) is 16.7 Å². The quantitative estimate of drug-likeness (QED) is 0.205. The highest BCUT2D eigenvalue weighted by atomic mass is 16.5. The van der Waals surface area contributed by atoms with Crippen molar-refractivity contribution in [2.45, 2.75) is 17.7 Å². The smallest absolute Gasteiger partial charge is 0.132 e. The summed E-state index contributed by atoms with van der Waals surface area (Å²) >= 11 is 0. The van der Waals surface area contributed by atoms with Crippen LogP contribution in [-0.4, -0.2) is 17.8 Å². The summed E-state index contributed by atoms with van der Waals surface area (Å²) in [5, 5.41) is 3.80. The van der Waals surface area contributed by atoms with Crippen molar-refractivity contribution in [1.82, 2.24) is 10.2 Å². The fourth-order valence-corrected chi connectivity index (χ4v) is 8.53. The first-order valence-electron chi connectivity index (χ1n) is 17.6. The molecule has 0 amide bonds. The summed E-state index contributed by atoms with van der Waals surface area (Å²) in [6, 6.07) is 62.9. The molecule has 2 atom stereocenters. The second kappa shape index (κ2) is 11.7. The summed E-state index contributed by atoms with van der Waals surface area (Å²) in [5.74, 6) is 2.67. The van der Waals surface area contributed by atoms with Gasteiger partial charge in [0.25, 0.3) is 0 Å². The Hall–Kier alpha value is -6.23. The van der Waals surface area contributed by atoms with Gasteiger partial charge in [0.15, 0.2) is 0 Å². The van der Waals surface area contributed by atoms with Crippen molar-refractivity contribution < 1.29 is 4.74 Å². The molecule has 0 saturated carbocycles. The van der Waals surface area contributed by atoms with E-state index in [4.69, 9.17) is 9.73 Å². The Morgan fingerprint density at radius 3 is 1.76 bits per heavy atom. The van der Waals surface area contributed by atoms with Crippen molar-refractivity contribution in [2.75, 3.05) is 7.05 Å². The largest absolute Gasteiger partial charge is 0.457 e. The number of amidine groups is 1. The number of aliphatic imine (C=N–C) groups is 1. The van der Waals surface area contributed by atoms with E-state index < -0.39 is 5.41 Å². The maximum atomic E-state index is 6.58. The number of fused-ring (bicyclic) bond motifs is 9. The average Bonchev–Trinajstić information content (AvgIpc) is 3.49. The van der Waals surface area contributed by atoms with Crippen LogP contribution >= 0.6 is 0 Å². The molecule has 2 unspecified atom stereocenters. The second-order valence-electron chi connectivity index (χ2n) is 13.6. The molecule has 51 heavy (non-hydrogen) atoms. The molecule has 2 heterocycles. The van der Waals surface area contributed by atoms with Gasteiger partial charge in [-0.3, -0.25) is 4.90 Å². The Morgan fingerprint density at radius 2 is 1.06 bits per heavy atom. The number of ether oxygens (including phenoxy) is 1. The monoisotopic (exact) mass is 657 g/mol. The van der Waals surface area contributed by atoms with Crippen LogP contribution in [0.4, 0.5) is 0 Å². The minimum Gasteiger partial charge on any atom is -0.457 e. The molecule has 1 spiro atoms.